The first-order chi connectivity index (χ1) is 10.0. The van der Waals surface area contributed by atoms with Gasteiger partial charge in [-0.25, -0.2) is 0 Å². The zero-order chi connectivity index (χ0) is 15.0. The van der Waals surface area contributed by atoms with Crippen molar-refractivity contribution >= 4 is 28.8 Å². The van der Waals surface area contributed by atoms with E-state index in [9.17, 15) is 4.79 Å². The molecular formula is C13H18N6O2. The Labute approximate surface area is 121 Å². The van der Waals surface area contributed by atoms with Gasteiger partial charge in [-0.15, -0.1) is 0 Å². The van der Waals surface area contributed by atoms with E-state index in [0.717, 1.165) is 18.2 Å². The first kappa shape index (κ1) is 13.6. The van der Waals surface area contributed by atoms with E-state index < -0.39 is 5.97 Å². The van der Waals surface area contributed by atoms with Crippen LogP contribution in [0.25, 0.3) is 11.0 Å². The third kappa shape index (κ3) is 2.61. The van der Waals surface area contributed by atoms with Crippen molar-refractivity contribution in [2.45, 2.75) is 31.7 Å². The second-order valence-electron chi connectivity index (χ2n) is 5.47. The van der Waals surface area contributed by atoms with Crippen molar-refractivity contribution in [3.8, 4) is 0 Å². The summed E-state index contributed by atoms with van der Waals surface area (Å²) in [6.45, 7) is 0. The third-order valence-electron chi connectivity index (χ3n) is 4.03. The Morgan fingerprint density at radius 3 is 2.76 bits per heavy atom. The Morgan fingerprint density at radius 2 is 2.10 bits per heavy atom. The van der Waals surface area contributed by atoms with Crippen LogP contribution in [0.1, 0.15) is 25.7 Å². The summed E-state index contributed by atoms with van der Waals surface area (Å²) in [5.74, 6) is -0.0592. The largest absolute Gasteiger partial charge is 0.481 e. The lowest BCUT2D eigenvalue weighted by atomic mass is 9.86. The summed E-state index contributed by atoms with van der Waals surface area (Å²) in [5.41, 5.74) is 6.60. The van der Waals surface area contributed by atoms with Crippen molar-refractivity contribution in [2.75, 3.05) is 11.1 Å². The molecule has 0 bridgehead atoms. The number of nitrogens with one attached hydrogen (secondary N) is 1. The molecule has 4 N–H and O–H groups in total. The minimum atomic E-state index is -0.703. The topological polar surface area (TPSA) is 119 Å². The predicted octanol–water partition coefficient (Wildman–Crippen LogP) is 1.00. The van der Waals surface area contributed by atoms with Crippen LogP contribution in [0, 0.1) is 5.92 Å². The number of fused-ring (bicyclic) bond motifs is 1. The second-order valence-corrected chi connectivity index (χ2v) is 5.47. The van der Waals surface area contributed by atoms with Crippen LogP contribution in [-0.4, -0.2) is 36.9 Å². The van der Waals surface area contributed by atoms with Crippen LogP contribution >= 0.6 is 0 Å². The summed E-state index contributed by atoms with van der Waals surface area (Å²) in [6, 6.07) is 0.186. The van der Waals surface area contributed by atoms with Gasteiger partial charge in [0.15, 0.2) is 5.65 Å². The van der Waals surface area contributed by atoms with Crippen molar-refractivity contribution in [1.29, 1.82) is 0 Å². The molecule has 21 heavy (non-hydrogen) atoms. The maximum Gasteiger partial charge on any atom is 0.306 e. The Morgan fingerprint density at radius 1 is 1.38 bits per heavy atom. The van der Waals surface area contributed by atoms with Crippen molar-refractivity contribution < 1.29 is 9.90 Å². The van der Waals surface area contributed by atoms with Crippen molar-refractivity contribution in [3.05, 3.63) is 6.20 Å². The molecule has 0 radical (unpaired) electrons. The summed E-state index contributed by atoms with van der Waals surface area (Å²) in [4.78, 5) is 19.6. The third-order valence-corrected chi connectivity index (χ3v) is 4.03. The number of nitrogens with zero attached hydrogens (tertiary/aromatic N) is 4. The van der Waals surface area contributed by atoms with E-state index in [2.05, 4.69) is 20.4 Å². The van der Waals surface area contributed by atoms with Crippen LogP contribution in [0.5, 0.6) is 0 Å². The van der Waals surface area contributed by atoms with Gasteiger partial charge in [-0.3, -0.25) is 9.48 Å². The van der Waals surface area contributed by atoms with Gasteiger partial charge in [0.2, 0.25) is 5.95 Å². The maximum absolute atomic E-state index is 10.9. The maximum atomic E-state index is 10.9. The molecule has 112 valence electrons. The Kier molecular flexibility index (Phi) is 3.36. The number of anilines is 2. The first-order valence-corrected chi connectivity index (χ1v) is 6.99. The van der Waals surface area contributed by atoms with Gasteiger partial charge >= 0.3 is 5.97 Å². The summed E-state index contributed by atoms with van der Waals surface area (Å²) < 4.78 is 1.65. The van der Waals surface area contributed by atoms with Gasteiger partial charge in [-0.05, 0) is 25.7 Å². The molecule has 2 aromatic rings. The van der Waals surface area contributed by atoms with E-state index in [1.165, 1.54) is 0 Å². The lowest BCUT2D eigenvalue weighted by molar-refractivity contribution is -0.142. The van der Waals surface area contributed by atoms with E-state index >= 15 is 0 Å². The average Bonchev–Trinajstić information content (AvgIpc) is 2.82. The Balaban J connectivity index is 1.74. The highest BCUT2D eigenvalue weighted by Crippen LogP contribution is 2.27. The standard InChI is InChI=1S/C13H18N6O2/c1-19-11-9(6-15-19)10(14)17-13(18-11)16-8-4-2-7(3-5-8)12(20)21/h6-8H,2-5H2,1H3,(H,20,21)(H3,14,16,17,18). The normalized spacial score (nSPS) is 22.3. The number of carboxylic acids is 1. The number of rotatable bonds is 3. The van der Waals surface area contributed by atoms with Crippen LogP contribution in [-0.2, 0) is 11.8 Å². The van der Waals surface area contributed by atoms with Gasteiger partial charge in [-0.2, -0.15) is 15.1 Å². The molecule has 1 saturated carbocycles. The number of hydrogen-bond donors (Lipinski definition) is 3. The number of hydrogen-bond acceptors (Lipinski definition) is 6. The average molecular weight is 290 g/mol. The van der Waals surface area contributed by atoms with Crippen LogP contribution < -0.4 is 11.1 Å². The smallest absolute Gasteiger partial charge is 0.306 e. The molecule has 1 fully saturated rings. The molecule has 0 spiro atoms. The Bertz CT molecular complexity index is 675. The summed E-state index contributed by atoms with van der Waals surface area (Å²) in [5, 5.41) is 17.1. The fourth-order valence-electron chi connectivity index (χ4n) is 2.78. The minimum absolute atomic E-state index is 0.186. The van der Waals surface area contributed by atoms with Gasteiger partial charge in [0.25, 0.3) is 0 Å². The van der Waals surface area contributed by atoms with Gasteiger partial charge in [0.1, 0.15) is 5.82 Å². The fraction of sp³-hybridized carbons (Fsp3) is 0.538. The number of carboxylic acid groups (broad SMARTS) is 1. The lowest BCUT2D eigenvalue weighted by Crippen LogP contribution is -2.30. The van der Waals surface area contributed by atoms with E-state index in [4.69, 9.17) is 10.8 Å². The first-order valence-electron chi connectivity index (χ1n) is 6.99. The second kappa shape index (κ2) is 5.19. The molecule has 3 rings (SSSR count). The summed E-state index contributed by atoms with van der Waals surface area (Å²) >= 11 is 0. The van der Waals surface area contributed by atoms with E-state index in [1.54, 1.807) is 17.9 Å². The molecule has 0 atom stereocenters. The number of aliphatic carboxylic acids is 1. The van der Waals surface area contributed by atoms with Crippen LogP contribution in [0.15, 0.2) is 6.20 Å². The summed E-state index contributed by atoms with van der Waals surface area (Å²) in [7, 11) is 1.80. The van der Waals surface area contributed by atoms with Gasteiger partial charge in [0.05, 0.1) is 17.5 Å². The molecule has 1 aliphatic rings. The summed E-state index contributed by atoms with van der Waals surface area (Å²) in [6.07, 6.45) is 4.59. The number of aromatic nitrogens is 4. The molecule has 0 aromatic carbocycles. The predicted molar refractivity (Wildman–Crippen MR) is 77.7 cm³/mol. The SMILES string of the molecule is Cn1ncc2c(N)nc(NC3CCC(C(=O)O)CC3)nc21. The van der Waals surface area contributed by atoms with Gasteiger partial charge in [-0.1, -0.05) is 0 Å². The highest BCUT2D eigenvalue weighted by Gasteiger charge is 2.26. The van der Waals surface area contributed by atoms with Gasteiger partial charge < -0.3 is 16.2 Å². The molecular weight excluding hydrogens is 272 g/mol. The van der Waals surface area contributed by atoms with Crippen LogP contribution in [0.3, 0.4) is 0 Å². The van der Waals surface area contributed by atoms with E-state index in [0.29, 0.717) is 30.3 Å². The molecule has 1 aliphatic carbocycles. The molecule has 8 heteroatoms. The molecule has 2 heterocycles. The number of aryl methyl sites for hydroxylation is 1. The van der Waals surface area contributed by atoms with Crippen molar-refractivity contribution in [1.82, 2.24) is 19.7 Å². The molecule has 0 aliphatic heterocycles. The van der Waals surface area contributed by atoms with Gasteiger partial charge in [0, 0.05) is 13.1 Å². The highest BCUT2D eigenvalue weighted by atomic mass is 16.4. The van der Waals surface area contributed by atoms with E-state index in [1.807, 2.05) is 0 Å². The minimum Gasteiger partial charge on any atom is -0.481 e. The molecule has 8 nitrogen and oxygen atoms in total. The lowest BCUT2D eigenvalue weighted by Gasteiger charge is -2.26. The Hall–Kier alpha value is -2.38. The molecule has 0 saturated heterocycles. The molecule has 0 amide bonds. The number of nitrogens with two attached hydrogens (primary N) is 1. The zero-order valence-electron chi connectivity index (χ0n) is 11.8. The monoisotopic (exact) mass is 290 g/mol. The van der Waals surface area contributed by atoms with Crippen molar-refractivity contribution in [2.24, 2.45) is 13.0 Å². The zero-order valence-corrected chi connectivity index (χ0v) is 11.8. The van der Waals surface area contributed by atoms with Crippen molar-refractivity contribution in [3.63, 3.8) is 0 Å². The molecule has 0 unspecified atom stereocenters. The van der Waals surface area contributed by atoms with Crippen LogP contribution in [0.4, 0.5) is 11.8 Å². The van der Waals surface area contributed by atoms with Crippen LogP contribution in [0.2, 0.25) is 0 Å². The number of nitrogen functional groups attached to an aromatic ring is 1. The highest BCUT2D eigenvalue weighted by molar-refractivity contribution is 5.86. The van der Waals surface area contributed by atoms with E-state index in [-0.39, 0.29) is 12.0 Å². The number of carbonyl (C=O) groups is 1. The quantitative estimate of drug-likeness (QED) is 0.771. The molecule has 2 aromatic heterocycles. The fourth-order valence-corrected chi connectivity index (χ4v) is 2.78.